The van der Waals surface area contributed by atoms with Gasteiger partial charge < -0.3 is 9.64 Å². The molecule has 0 aliphatic carbocycles. The van der Waals surface area contributed by atoms with Gasteiger partial charge in [-0.2, -0.15) is 0 Å². The first-order chi connectivity index (χ1) is 12.0. The first kappa shape index (κ1) is 23.0. The van der Waals surface area contributed by atoms with Crippen LogP contribution >= 0.6 is 0 Å². The van der Waals surface area contributed by atoms with Crippen LogP contribution < -0.4 is 0 Å². The maximum absolute atomic E-state index is 6.35. The molecule has 1 aliphatic heterocycles. The predicted molar refractivity (Wildman–Crippen MR) is 111 cm³/mol. The van der Waals surface area contributed by atoms with Gasteiger partial charge in [0.05, 0.1) is 12.2 Å². The number of unbranched alkanes of at least 4 members (excludes halogenated alkanes) is 3. The van der Waals surface area contributed by atoms with E-state index in [9.17, 15) is 0 Å². The van der Waals surface area contributed by atoms with Crippen LogP contribution in [0.15, 0.2) is 0 Å². The Morgan fingerprint density at radius 1 is 0.800 bits per heavy atom. The second-order valence-electron chi connectivity index (χ2n) is 8.87. The van der Waals surface area contributed by atoms with Crippen molar-refractivity contribution in [2.45, 2.75) is 117 Å². The summed E-state index contributed by atoms with van der Waals surface area (Å²) in [5.41, 5.74) is 0. The number of hydrogen-bond donors (Lipinski definition) is 0. The molecule has 1 heterocycles. The molecule has 0 aromatic heterocycles. The van der Waals surface area contributed by atoms with Crippen molar-refractivity contribution < 1.29 is 4.74 Å². The zero-order valence-corrected chi connectivity index (χ0v) is 18.1. The highest BCUT2D eigenvalue weighted by Gasteiger charge is 2.22. The molecule has 0 amide bonds. The average molecular weight is 354 g/mol. The highest BCUT2D eigenvalue weighted by molar-refractivity contribution is 4.75. The predicted octanol–water partition coefficient (Wildman–Crippen LogP) is 6.68. The zero-order valence-electron chi connectivity index (χ0n) is 18.1. The van der Waals surface area contributed by atoms with E-state index in [-0.39, 0.29) is 0 Å². The summed E-state index contributed by atoms with van der Waals surface area (Å²) in [7, 11) is 0. The molecular formula is C23H47NO. The van der Waals surface area contributed by atoms with Gasteiger partial charge in [0.1, 0.15) is 0 Å². The lowest BCUT2D eigenvalue weighted by Gasteiger charge is -2.34. The van der Waals surface area contributed by atoms with Crippen LogP contribution in [-0.2, 0) is 4.74 Å². The van der Waals surface area contributed by atoms with Crippen LogP contribution in [0.3, 0.4) is 0 Å². The van der Waals surface area contributed by atoms with Crippen molar-refractivity contribution in [2.24, 2.45) is 11.8 Å². The summed E-state index contributed by atoms with van der Waals surface area (Å²) in [6.07, 6.45) is 15.6. The van der Waals surface area contributed by atoms with Gasteiger partial charge in [-0.3, -0.25) is 0 Å². The van der Waals surface area contributed by atoms with Crippen molar-refractivity contribution in [3.8, 4) is 0 Å². The van der Waals surface area contributed by atoms with E-state index >= 15 is 0 Å². The molecule has 1 aliphatic rings. The lowest BCUT2D eigenvalue weighted by molar-refractivity contribution is -0.0408. The number of rotatable bonds is 14. The van der Waals surface area contributed by atoms with Gasteiger partial charge in [-0.25, -0.2) is 0 Å². The summed E-state index contributed by atoms with van der Waals surface area (Å²) in [6.45, 7) is 15.5. The Balaban J connectivity index is 2.11. The van der Waals surface area contributed by atoms with E-state index in [1.165, 1.54) is 90.3 Å². The molecule has 0 bridgehead atoms. The molecule has 1 fully saturated rings. The fourth-order valence-corrected chi connectivity index (χ4v) is 4.12. The fourth-order valence-electron chi connectivity index (χ4n) is 4.12. The first-order valence-electron chi connectivity index (χ1n) is 11.4. The van der Waals surface area contributed by atoms with Crippen molar-refractivity contribution in [3.05, 3.63) is 0 Å². The molecule has 0 saturated carbocycles. The second-order valence-corrected chi connectivity index (χ2v) is 8.87. The summed E-state index contributed by atoms with van der Waals surface area (Å²) in [5, 5.41) is 0. The Hall–Kier alpha value is -0.0800. The average Bonchev–Trinajstić information content (AvgIpc) is 2.60. The van der Waals surface area contributed by atoms with Crippen LogP contribution in [0.4, 0.5) is 0 Å². The molecule has 1 saturated heterocycles. The Labute approximate surface area is 159 Å². The standard InChI is InChI=1S/C23H47NO/c1-6-8-10-12-21(4)19-24-17-15-23(16-18-24)25-22(5)14-13-20(3)11-9-7-2/h20-23H,6-19H2,1-5H3/t20?,21?,22-/m1/s1. The van der Waals surface area contributed by atoms with Crippen LogP contribution in [0.2, 0.25) is 0 Å². The van der Waals surface area contributed by atoms with E-state index in [2.05, 4.69) is 39.5 Å². The first-order valence-corrected chi connectivity index (χ1v) is 11.4. The van der Waals surface area contributed by atoms with E-state index in [4.69, 9.17) is 4.74 Å². The van der Waals surface area contributed by atoms with E-state index < -0.39 is 0 Å². The molecule has 0 aromatic rings. The summed E-state index contributed by atoms with van der Waals surface area (Å²) >= 11 is 0. The second kappa shape index (κ2) is 14.0. The number of ether oxygens (including phenoxy) is 1. The molecule has 2 heteroatoms. The van der Waals surface area contributed by atoms with Crippen molar-refractivity contribution in [2.75, 3.05) is 19.6 Å². The molecule has 0 N–H and O–H groups in total. The molecule has 1 rings (SSSR count). The topological polar surface area (TPSA) is 12.5 Å². The van der Waals surface area contributed by atoms with Crippen molar-refractivity contribution in [3.63, 3.8) is 0 Å². The maximum atomic E-state index is 6.35. The molecular weight excluding hydrogens is 306 g/mol. The molecule has 25 heavy (non-hydrogen) atoms. The largest absolute Gasteiger partial charge is 0.375 e. The highest BCUT2D eigenvalue weighted by Crippen LogP contribution is 2.21. The van der Waals surface area contributed by atoms with E-state index in [1.807, 2.05) is 0 Å². The molecule has 0 spiro atoms. The third-order valence-electron chi connectivity index (χ3n) is 5.95. The smallest absolute Gasteiger partial charge is 0.0603 e. The maximum Gasteiger partial charge on any atom is 0.0603 e. The van der Waals surface area contributed by atoms with E-state index in [0.717, 1.165) is 11.8 Å². The van der Waals surface area contributed by atoms with Crippen molar-refractivity contribution in [1.29, 1.82) is 0 Å². The number of hydrogen-bond acceptors (Lipinski definition) is 2. The minimum Gasteiger partial charge on any atom is -0.375 e. The molecule has 2 unspecified atom stereocenters. The molecule has 2 nitrogen and oxygen atoms in total. The van der Waals surface area contributed by atoms with Crippen molar-refractivity contribution >= 4 is 0 Å². The van der Waals surface area contributed by atoms with Crippen LogP contribution in [0.25, 0.3) is 0 Å². The number of piperidine rings is 1. The molecule has 3 atom stereocenters. The third kappa shape index (κ3) is 11.3. The van der Waals surface area contributed by atoms with Crippen LogP contribution in [0.1, 0.15) is 105 Å². The lowest BCUT2D eigenvalue weighted by Crippen LogP contribution is -2.40. The summed E-state index contributed by atoms with van der Waals surface area (Å²) < 4.78 is 6.35. The van der Waals surface area contributed by atoms with Gasteiger partial charge in [0, 0.05) is 19.6 Å². The zero-order chi connectivity index (χ0) is 18.5. The SMILES string of the molecule is CCCCCC(C)CN1CCC(O[C@H](C)CCC(C)CCCC)CC1. The van der Waals surface area contributed by atoms with Gasteiger partial charge in [0.25, 0.3) is 0 Å². The summed E-state index contributed by atoms with van der Waals surface area (Å²) in [4.78, 5) is 2.67. The summed E-state index contributed by atoms with van der Waals surface area (Å²) in [6, 6.07) is 0. The minimum absolute atomic E-state index is 0.439. The lowest BCUT2D eigenvalue weighted by atomic mass is 9.97. The van der Waals surface area contributed by atoms with Gasteiger partial charge in [0.2, 0.25) is 0 Å². The normalized spacial score (nSPS) is 20.5. The molecule has 150 valence electrons. The van der Waals surface area contributed by atoms with E-state index in [1.54, 1.807) is 0 Å². The minimum atomic E-state index is 0.439. The Bertz CT molecular complexity index is 298. The Morgan fingerprint density at radius 2 is 1.44 bits per heavy atom. The van der Waals surface area contributed by atoms with Crippen LogP contribution in [0.5, 0.6) is 0 Å². The number of likely N-dealkylation sites (tertiary alicyclic amines) is 1. The third-order valence-corrected chi connectivity index (χ3v) is 5.95. The summed E-state index contributed by atoms with van der Waals surface area (Å²) in [5.74, 6) is 1.72. The Morgan fingerprint density at radius 3 is 2.08 bits per heavy atom. The van der Waals surface area contributed by atoms with Gasteiger partial charge >= 0.3 is 0 Å². The highest BCUT2D eigenvalue weighted by atomic mass is 16.5. The molecule has 0 aromatic carbocycles. The monoisotopic (exact) mass is 353 g/mol. The quantitative estimate of drug-likeness (QED) is 0.323. The van der Waals surface area contributed by atoms with Crippen LogP contribution in [0, 0.1) is 11.8 Å². The van der Waals surface area contributed by atoms with Crippen LogP contribution in [-0.4, -0.2) is 36.7 Å². The number of nitrogens with zero attached hydrogens (tertiary/aromatic N) is 1. The van der Waals surface area contributed by atoms with Gasteiger partial charge in [-0.05, 0) is 50.9 Å². The van der Waals surface area contributed by atoms with Crippen molar-refractivity contribution in [1.82, 2.24) is 4.90 Å². The van der Waals surface area contributed by atoms with Gasteiger partial charge in [0.15, 0.2) is 0 Å². The Kier molecular flexibility index (Phi) is 12.9. The molecule has 0 radical (unpaired) electrons. The fraction of sp³-hybridized carbons (Fsp3) is 1.00. The van der Waals surface area contributed by atoms with Gasteiger partial charge in [-0.1, -0.05) is 66.2 Å². The van der Waals surface area contributed by atoms with Gasteiger partial charge in [-0.15, -0.1) is 0 Å². The van der Waals surface area contributed by atoms with E-state index in [0.29, 0.717) is 12.2 Å².